The number of benzene rings is 2. The lowest BCUT2D eigenvalue weighted by Gasteiger charge is -2.31. The summed E-state index contributed by atoms with van der Waals surface area (Å²) in [7, 11) is -2.17. The van der Waals surface area contributed by atoms with Crippen LogP contribution in [-0.4, -0.2) is 53.0 Å². The minimum Gasteiger partial charge on any atom is -0.497 e. The van der Waals surface area contributed by atoms with Crippen molar-refractivity contribution in [2.24, 2.45) is 0 Å². The number of rotatable bonds is 8. The highest BCUT2D eigenvalue weighted by Gasteiger charge is 2.32. The van der Waals surface area contributed by atoms with Crippen LogP contribution in [-0.2, 0) is 14.8 Å². The highest BCUT2D eigenvalue weighted by Crippen LogP contribution is 2.30. The van der Waals surface area contributed by atoms with E-state index in [0.29, 0.717) is 36.0 Å². The van der Waals surface area contributed by atoms with Crippen molar-refractivity contribution in [3.8, 4) is 17.2 Å². The normalized spacial score (nSPS) is 16.4. The summed E-state index contributed by atoms with van der Waals surface area (Å²) in [5, 5.41) is 2.80. The van der Waals surface area contributed by atoms with Gasteiger partial charge in [-0.05, 0) is 42.8 Å². The van der Waals surface area contributed by atoms with Crippen LogP contribution in [0.25, 0.3) is 0 Å². The summed E-state index contributed by atoms with van der Waals surface area (Å²) in [6.07, 6.45) is 1.02. The average Bonchev–Trinajstić information content (AvgIpc) is 2.75. The van der Waals surface area contributed by atoms with Crippen LogP contribution in [0.4, 0.5) is 5.69 Å². The average molecular weight is 435 g/mol. The minimum absolute atomic E-state index is 0.198. The molecule has 3 rings (SSSR count). The Morgan fingerprint density at radius 2 is 1.87 bits per heavy atom. The van der Waals surface area contributed by atoms with Gasteiger partial charge in [0.1, 0.15) is 24.5 Å². The van der Waals surface area contributed by atoms with Gasteiger partial charge in [-0.15, -0.1) is 0 Å². The third-order valence-electron chi connectivity index (χ3n) is 4.73. The molecule has 1 aliphatic rings. The maximum absolute atomic E-state index is 12.9. The number of hydrogen-bond acceptors (Lipinski definition) is 6. The van der Waals surface area contributed by atoms with Crippen molar-refractivity contribution >= 4 is 21.6 Å². The van der Waals surface area contributed by atoms with E-state index in [9.17, 15) is 13.2 Å². The first-order valence-electron chi connectivity index (χ1n) is 9.63. The van der Waals surface area contributed by atoms with Gasteiger partial charge in [0.05, 0.1) is 25.6 Å². The number of methoxy groups -OCH3 is 1. The van der Waals surface area contributed by atoms with Crippen LogP contribution >= 0.6 is 0 Å². The van der Waals surface area contributed by atoms with Crippen LogP contribution in [0.1, 0.15) is 13.3 Å². The molecule has 2 atom stereocenters. The lowest BCUT2D eigenvalue weighted by Crippen LogP contribution is -2.51. The second-order valence-corrected chi connectivity index (χ2v) is 8.78. The largest absolute Gasteiger partial charge is 0.497 e. The molecule has 30 heavy (non-hydrogen) atoms. The minimum atomic E-state index is -3.70. The molecule has 2 aromatic carbocycles. The third-order valence-corrected chi connectivity index (χ3v) is 5.91. The number of carbonyl (C=O) groups is 1. The molecule has 1 amide bonds. The van der Waals surface area contributed by atoms with Gasteiger partial charge < -0.3 is 19.5 Å². The molecule has 0 spiro atoms. The molecule has 0 saturated heterocycles. The molecule has 0 aliphatic carbocycles. The molecular formula is C21H26N2O6S. The summed E-state index contributed by atoms with van der Waals surface area (Å²) in [5.41, 5.74) is 0.395. The second-order valence-electron chi connectivity index (χ2n) is 6.92. The number of nitrogens with zero attached hydrogens (tertiary/aromatic N) is 1. The zero-order valence-electron chi connectivity index (χ0n) is 17.2. The summed E-state index contributed by atoms with van der Waals surface area (Å²) < 4.78 is 42.8. The Kier molecular flexibility index (Phi) is 6.71. The Morgan fingerprint density at radius 3 is 2.47 bits per heavy atom. The Morgan fingerprint density at radius 1 is 1.20 bits per heavy atom. The summed E-state index contributed by atoms with van der Waals surface area (Å²) in [6.45, 7) is 2.26. The third kappa shape index (κ3) is 4.96. The summed E-state index contributed by atoms with van der Waals surface area (Å²) in [4.78, 5) is 12.9. The molecule has 0 saturated carbocycles. The monoisotopic (exact) mass is 434 g/mol. The molecular weight excluding hydrogens is 408 g/mol. The van der Waals surface area contributed by atoms with Crippen molar-refractivity contribution in [2.45, 2.75) is 25.5 Å². The Bertz CT molecular complexity index is 977. The smallest absolute Gasteiger partial charge is 0.244 e. The maximum atomic E-state index is 12.9. The number of ether oxygens (including phenoxy) is 3. The summed E-state index contributed by atoms with van der Waals surface area (Å²) in [5.74, 6) is 1.47. The van der Waals surface area contributed by atoms with E-state index in [-0.39, 0.29) is 12.6 Å². The van der Waals surface area contributed by atoms with Gasteiger partial charge in [0.15, 0.2) is 11.5 Å². The van der Waals surface area contributed by atoms with Gasteiger partial charge in [-0.3, -0.25) is 9.10 Å². The van der Waals surface area contributed by atoms with Crippen LogP contribution in [0, 0.1) is 0 Å². The summed E-state index contributed by atoms with van der Waals surface area (Å²) >= 11 is 0. The molecule has 9 heteroatoms. The molecule has 1 aliphatic heterocycles. The molecule has 0 bridgehead atoms. The van der Waals surface area contributed by atoms with Crippen LogP contribution in [0.2, 0.25) is 0 Å². The van der Waals surface area contributed by atoms with Crippen LogP contribution in [0.15, 0.2) is 48.5 Å². The molecule has 1 heterocycles. The van der Waals surface area contributed by atoms with Gasteiger partial charge in [0, 0.05) is 0 Å². The van der Waals surface area contributed by atoms with Gasteiger partial charge in [-0.1, -0.05) is 19.1 Å². The van der Waals surface area contributed by atoms with Gasteiger partial charge in [0.2, 0.25) is 15.9 Å². The number of hydrogen-bond donors (Lipinski definition) is 1. The van der Waals surface area contributed by atoms with E-state index < -0.39 is 22.0 Å². The van der Waals surface area contributed by atoms with Gasteiger partial charge in [0.25, 0.3) is 0 Å². The van der Waals surface area contributed by atoms with E-state index in [1.807, 2.05) is 18.2 Å². The highest BCUT2D eigenvalue weighted by molar-refractivity contribution is 7.92. The van der Waals surface area contributed by atoms with Gasteiger partial charge >= 0.3 is 0 Å². The predicted octanol–water partition coefficient (Wildman–Crippen LogP) is 2.20. The molecule has 2 aromatic rings. The van der Waals surface area contributed by atoms with E-state index >= 15 is 0 Å². The number of fused-ring (bicyclic) bond motifs is 1. The number of carbonyl (C=O) groups excluding carboxylic acids is 1. The molecule has 0 unspecified atom stereocenters. The molecule has 0 radical (unpaired) electrons. The highest BCUT2D eigenvalue weighted by atomic mass is 32.2. The Labute approximate surface area is 176 Å². The van der Waals surface area contributed by atoms with Gasteiger partial charge in [-0.25, -0.2) is 8.42 Å². The Balaban J connectivity index is 1.71. The van der Waals surface area contributed by atoms with Crippen LogP contribution in [0.5, 0.6) is 17.2 Å². The second kappa shape index (κ2) is 9.25. The maximum Gasteiger partial charge on any atom is 0.244 e. The standard InChI is InChI=1S/C21H26N2O6S/c1-4-18(23(30(3,25)26)15-9-11-16(27-2)12-10-15)21(24)22-13-17-14-28-19-7-5-6-8-20(19)29-17/h5-12,17-18H,4,13-14H2,1-3H3,(H,22,24)/t17-,18+/m1/s1. The first-order chi connectivity index (χ1) is 14.3. The number of sulfonamides is 1. The first-order valence-corrected chi connectivity index (χ1v) is 11.5. The lowest BCUT2D eigenvalue weighted by atomic mass is 10.2. The van der Waals surface area contributed by atoms with Crippen molar-refractivity contribution in [3.63, 3.8) is 0 Å². The topological polar surface area (TPSA) is 94.2 Å². The van der Waals surface area contributed by atoms with Crippen molar-refractivity contribution in [1.29, 1.82) is 0 Å². The fourth-order valence-electron chi connectivity index (χ4n) is 3.29. The lowest BCUT2D eigenvalue weighted by molar-refractivity contribution is -0.122. The van der Waals surface area contributed by atoms with Crippen molar-refractivity contribution < 1.29 is 27.4 Å². The molecule has 162 valence electrons. The van der Waals surface area contributed by atoms with Crippen molar-refractivity contribution in [2.75, 3.05) is 30.8 Å². The SMILES string of the molecule is CC[C@@H](C(=O)NC[C@@H]1COc2ccccc2O1)N(c1ccc(OC)cc1)S(C)(=O)=O. The van der Waals surface area contributed by atoms with E-state index in [2.05, 4.69) is 5.32 Å². The molecule has 0 aromatic heterocycles. The molecule has 1 N–H and O–H groups in total. The number of para-hydroxylation sites is 2. The van der Waals surface area contributed by atoms with Gasteiger partial charge in [-0.2, -0.15) is 0 Å². The van der Waals surface area contributed by atoms with E-state index in [4.69, 9.17) is 14.2 Å². The zero-order valence-corrected chi connectivity index (χ0v) is 18.0. The van der Waals surface area contributed by atoms with E-state index in [0.717, 1.165) is 10.6 Å². The predicted molar refractivity (Wildman–Crippen MR) is 114 cm³/mol. The fourth-order valence-corrected chi connectivity index (χ4v) is 4.50. The molecule has 8 nitrogen and oxygen atoms in total. The first kappa shape index (κ1) is 21.8. The van der Waals surface area contributed by atoms with Crippen LogP contribution < -0.4 is 23.8 Å². The quantitative estimate of drug-likeness (QED) is 0.685. The number of amides is 1. The van der Waals surface area contributed by atoms with Crippen molar-refractivity contribution in [1.82, 2.24) is 5.32 Å². The molecule has 0 fully saturated rings. The number of nitrogens with one attached hydrogen (secondary N) is 1. The summed E-state index contributed by atoms with van der Waals surface area (Å²) in [6, 6.07) is 13.0. The van der Waals surface area contributed by atoms with E-state index in [1.54, 1.807) is 37.3 Å². The van der Waals surface area contributed by atoms with Crippen molar-refractivity contribution in [3.05, 3.63) is 48.5 Å². The van der Waals surface area contributed by atoms with E-state index in [1.165, 1.54) is 7.11 Å². The number of anilines is 1. The Hall–Kier alpha value is -2.94. The fraction of sp³-hybridized carbons (Fsp3) is 0.381. The zero-order chi connectivity index (χ0) is 21.7. The van der Waals surface area contributed by atoms with Crippen LogP contribution in [0.3, 0.4) is 0 Å².